The molecule has 13 heavy (non-hydrogen) atoms. The first-order valence-corrected chi connectivity index (χ1v) is 5.88. The topological polar surface area (TPSA) is 75.3 Å². The number of hydrogen-bond donors (Lipinski definition) is 2. The van der Waals surface area contributed by atoms with Gasteiger partial charge in [0, 0.05) is 13.1 Å². The van der Waals surface area contributed by atoms with Gasteiger partial charge in [0.15, 0.2) is 9.84 Å². The van der Waals surface area contributed by atoms with E-state index in [1.807, 2.05) is 0 Å². The zero-order valence-electron chi connectivity index (χ0n) is 7.70. The lowest BCUT2D eigenvalue weighted by Crippen LogP contribution is -2.44. The third-order valence-corrected chi connectivity index (χ3v) is 4.66. The Bertz CT molecular complexity index is 299. The normalized spacial score (nSPS) is 31.2. The number of amides is 2. The minimum Gasteiger partial charge on any atom is -0.341 e. The van der Waals surface area contributed by atoms with Crippen LogP contribution in [0.25, 0.3) is 0 Å². The summed E-state index contributed by atoms with van der Waals surface area (Å²) in [4.78, 5) is 10.9. The summed E-state index contributed by atoms with van der Waals surface area (Å²) in [7, 11) is -1.47. The number of hydrogen-bond acceptors (Lipinski definition) is 3. The highest BCUT2D eigenvalue weighted by molar-refractivity contribution is 7.92. The molecule has 0 saturated carbocycles. The van der Waals surface area contributed by atoms with Gasteiger partial charge in [-0.2, -0.15) is 0 Å². The number of carbonyl (C=O) groups excluding carboxylic acids is 1. The van der Waals surface area contributed by atoms with Gasteiger partial charge in [-0.25, -0.2) is 13.2 Å². The molecule has 1 aliphatic heterocycles. The Morgan fingerprint density at radius 1 is 1.46 bits per heavy atom. The van der Waals surface area contributed by atoms with Gasteiger partial charge in [-0.1, -0.05) is 0 Å². The van der Waals surface area contributed by atoms with E-state index in [9.17, 15) is 13.2 Å². The summed E-state index contributed by atoms with van der Waals surface area (Å²) in [6.07, 6.45) is 0.511. The molecule has 0 aromatic heterocycles. The van der Waals surface area contributed by atoms with Gasteiger partial charge in [0.25, 0.3) is 0 Å². The Morgan fingerprint density at radius 3 is 2.46 bits per heavy atom. The second-order valence-electron chi connectivity index (χ2n) is 3.19. The predicted molar refractivity (Wildman–Crippen MR) is 49.2 cm³/mol. The van der Waals surface area contributed by atoms with Crippen LogP contribution in [0, 0.1) is 0 Å². The first-order valence-electron chi connectivity index (χ1n) is 4.17. The van der Waals surface area contributed by atoms with E-state index >= 15 is 0 Å². The smallest absolute Gasteiger partial charge is 0.314 e. The Labute approximate surface area is 77.8 Å². The molecule has 76 valence electrons. The molecule has 0 spiro atoms. The minimum atomic E-state index is -2.97. The lowest BCUT2D eigenvalue weighted by Gasteiger charge is -2.15. The van der Waals surface area contributed by atoms with Crippen molar-refractivity contribution in [3.05, 3.63) is 0 Å². The van der Waals surface area contributed by atoms with Gasteiger partial charge in [0.1, 0.15) is 0 Å². The lowest BCUT2D eigenvalue weighted by atomic mass is 10.2. The van der Waals surface area contributed by atoms with Crippen LogP contribution in [0.5, 0.6) is 0 Å². The number of urea groups is 1. The molecule has 5 nitrogen and oxygen atoms in total. The predicted octanol–water partition coefficient (Wildman–Crippen LogP) is -0.509. The van der Waals surface area contributed by atoms with Crippen molar-refractivity contribution in [2.75, 3.05) is 12.8 Å². The number of nitrogens with one attached hydrogen (secondary N) is 2. The average molecular weight is 206 g/mol. The van der Waals surface area contributed by atoms with Crippen molar-refractivity contribution in [2.24, 2.45) is 0 Å². The molecule has 1 rings (SSSR count). The fourth-order valence-corrected chi connectivity index (χ4v) is 3.05. The van der Waals surface area contributed by atoms with Gasteiger partial charge in [0.05, 0.1) is 11.0 Å². The van der Waals surface area contributed by atoms with Crippen molar-refractivity contribution >= 4 is 15.9 Å². The molecule has 1 aliphatic rings. The van der Waals surface area contributed by atoms with Crippen LogP contribution < -0.4 is 10.6 Å². The van der Waals surface area contributed by atoms with Crippen molar-refractivity contribution < 1.29 is 13.2 Å². The molecule has 2 unspecified atom stereocenters. The van der Waals surface area contributed by atoms with Crippen LogP contribution in [-0.2, 0) is 9.84 Å². The first kappa shape index (κ1) is 10.3. The molecule has 0 bridgehead atoms. The Balaban J connectivity index is 2.61. The van der Waals surface area contributed by atoms with Crippen molar-refractivity contribution in [1.29, 1.82) is 0 Å². The van der Waals surface area contributed by atoms with Crippen LogP contribution in [0.4, 0.5) is 4.79 Å². The summed E-state index contributed by atoms with van der Waals surface area (Å²) in [6, 6.07) is -0.570. The van der Waals surface area contributed by atoms with E-state index in [-0.39, 0.29) is 17.8 Å². The molecule has 1 heterocycles. The Morgan fingerprint density at radius 2 is 2.08 bits per heavy atom. The van der Waals surface area contributed by atoms with Crippen LogP contribution in [0.3, 0.4) is 0 Å². The van der Waals surface area contributed by atoms with Gasteiger partial charge >= 0.3 is 6.03 Å². The molecule has 2 atom stereocenters. The first-order chi connectivity index (χ1) is 5.97. The molecular weight excluding hydrogens is 192 g/mol. The van der Waals surface area contributed by atoms with E-state index in [4.69, 9.17) is 0 Å². The summed E-state index contributed by atoms with van der Waals surface area (Å²) in [5.74, 6) is 0.169. The second kappa shape index (κ2) is 3.53. The molecule has 1 saturated heterocycles. The third kappa shape index (κ3) is 2.12. The van der Waals surface area contributed by atoms with Gasteiger partial charge in [0.2, 0.25) is 0 Å². The molecule has 6 heteroatoms. The van der Waals surface area contributed by atoms with E-state index in [1.54, 1.807) is 6.92 Å². The van der Waals surface area contributed by atoms with Gasteiger partial charge in [-0.3, -0.25) is 0 Å². The maximum atomic E-state index is 11.3. The number of carbonyl (C=O) groups is 1. The Hall–Kier alpha value is -0.780. The van der Waals surface area contributed by atoms with Crippen molar-refractivity contribution in [3.8, 4) is 0 Å². The highest BCUT2D eigenvalue weighted by atomic mass is 32.2. The summed E-state index contributed by atoms with van der Waals surface area (Å²) in [5, 5.41) is 4.53. The third-order valence-electron chi connectivity index (χ3n) is 2.39. The summed E-state index contributed by atoms with van der Waals surface area (Å²) in [6.45, 7) is 1.63. The lowest BCUT2D eigenvalue weighted by molar-refractivity contribution is 0.239. The highest BCUT2D eigenvalue weighted by Crippen LogP contribution is 2.19. The van der Waals surface area contributed by atoms with Crippen LogP contribution in [0.1, 0.15) is 13.3 Å². The number of sulfone groups is 1. The SMILES string of the molecule is CNC(=O)NC1CCS(=O)(=O)C1C. The van der Waals surface area contributed by atoms with Crippen LogP contribution >= 0.6 is 0 Å². The summed E-state index contributed by atoms with van der Waals surface area (Å²) in [5.41, 5.74) is 0. The van der Waals surface area contributed by atoms with Gasteiger partial charge < -0.3 is 10.6 Å². The van der Waals surface area contributed by atoms with Gasteiger partial charge in [-0.15, -0.1) is 0 Å². The Kier molecular flexibility index (Phi) is 2.80. The molecule has 0 radical (unpaired) electrons. The van der Waals surface area contributed by atoms with Gasteiger partial charge in [-0.05, 0) is 13.3 Å². The molecule has 2 amide bonds. The monoisotopic (exact) mass is 206 g/mol. The molecule has 0 aliphatic carbocycles. The standard InChI is InChI=1S/C7H14N2O3S/c1-5-6(9-7(10)8-2)3-4-13(5,11)12/h5-6H,3-4H2,1-2H3,(H2,8,9,10). The summed E-state index contributed by atoms with van der Waals surface area (Å²) < 4.78 is 22.5. The maximum Gasteiger partial charge on any atom is 0.314 e. The molecule has 0 aromatic rings. The number of rotatable bonds is 1. The minimum absolute atomic E-state index is 0.169. The largest absolute Gasteiger partial charge is 0.341 e. The average Bonchev–Trinajstić information content (AvgIpc) is 2.32. The fraction of sp³-hybridized carbons (Fsp3) is 0.857. The quantitative estimate of drug-likeness (QED) is 0.607. The van der Waals surface area contributed by atoms with Crippen LogP contribution in [0.2, 0.25) is 0 Å². The van der Waals surface area contributed by atoms with Crippen molar-refractivity contribution in [3.63, 3.8) is 0 Å². The zero-order chi connectivity index (χ0) is 10.1. The second-order valence-corrected chi connectivity index (χ2v) is 5.67. The molecule has 1 fully saturated rings. The van der Waals surface area contributed by atoms with Crippen LogP contribution in [0.15, 0.2) is 0 Å². The summed E-state index contributed by atoms with van der Waals surface area (Å²) >= 11 is 0. The molecular formula is C7H14N2O3S. The van der Waals surface area contributed by atoms with Crippen molar-refractivity contribution in [2.45, 2.75) is 24.6 Å². The molecule has 0 aromatic carbocycles. The zero-order valence-corrected chi connectivity index (χ0v) is 8.52. The van der Waals surface area contributed by atoms with E-state index in [0.717, 1.165) is 0 Å². The van der Waals surface area contributed by atoms with Crippen LogP contribution in [-0.4, -0.2) is 38.5 Å². The van der Waals surface area contributed by atoms with E-state index in [0.29, 0.717) is 6.42 Å². The van der Waals surface area contributed by atoms with E-state index in [2.05, 4.69) is 10.6 Å². The molecule has 2 N–H and O–H groups in total. The van der Waals surface area contributed by atoms with Crippen molar-refractivity contribution in [1.82, 2.24) is 10.6 Å². The van der Waals surface area contributed by atoms with E-state index in [1.165, 1.54) is 7.05 Å². The van der Waals surface area contributed by atoms with E-state index < -0.39 is 15.1 Å². The maximum absolute atomic E-state index is 11.3. The highest BCUT2D eigenvalue weighted by Gasteiger charge is 2.37. The fourth-order valence-electron chi connectivity index (χ4n) is 1.39.